The Morgan fingerprint density at radius 2 is 1.62 bits per heavy atom. The lowest BCUT2D eigenvalue weighted by molar-refractivity contribution is -0.132. The van der Waals surface area contributed by atoms with Crippen LogP contribution in [-0.2, 0) is 11.2 Å². The zero-order chi connectivity index (χ0) is 22.1. The van der Waals surface area contributed by atoms with E-state index in [2.05, 4.69) is 22.8 Å². The number of carbonyl (C=O) groups excluding carboxylic acids is 1. The van der Waals surface area contributed by atoms with Gasteiger partial charge in [0.2, 0.25) is 5.91 Å². The van der Waals surface area contributed by atoms with E-state index < -0.39 is 0 Å². The van der Waals surface area contributed by atoms with Gasteiger partial charge in [0.15, 0.2) is 5.65 Å². The van der Waals surface area contributed by atoms with Crippen LogP contribution in [0.4, 0.5) is 0 Å². The monoisotopic (exact) mass is 434 g/mol. The fourth-order valence-corrected chi connectivity index (χ4v) is 5.24. The van der Waals surface area contributed by atoms with Gasteiger partial charge in [0, 0.05) is 62.5 Å². The van der Waals surface area contributed by atoms with Crippen molar-refractivity contribution in [3.8, 4) is 0 Å². The third-order valence-electron chi connectivity index (χ3n) is 7.26. The molecule has 2 aliphatic heterocycles. The smallest absolute Gasteiger partial charge is 0.222 e. The Bertz CT molecular complexity index is 1110. The molecular weight excluding hydrogens is 400 g/mol. The van der Waals surface area contributed by atoms with Crippen LogP contribution in [0.15, 0.2) is 24.3 Å². The average molecular weight is 435 g/mol. The number of hydrogen-bond donors (Lipinski definition) is 0. The van der Waals surface area contributed by atoms with Crippen molar-refractivity contribution in [3.05, 3.63) is 41.2 Å². The molecule has 32 heavy (non-hydrogen) atoms. The summed E-state index contributed by atoms with van der Waals surface area (Å²) in [6.07, 6.45) is 3.94. The molecule has 170 valence electrons. The molecule has 7 nitrogen and oxygen atoms in total. The Kier molecular flexibility index (Phi) is 6.11. The van der Waals surface area contributed by atoms with Crippen LogP contribution >= 0.6 is 0 Å². The van der Waals surface area contributed by atoms with Crippen molar-refractivity contribution < 1.29 is 4.79 Å². The van der Waals surface area contributed by atoms with Crippen molar-refractivity contribution in [3.63, 3.8) is 0 Å². The molecule has 2 saturated heterocycles. The van der Waals surface area contributed by atoms with Gasteiger partial charge in [-0.05, 0) is 63.9 Å². The summed E-state index contributed by atoms with van der Waals surface area (Å²) in [5.74, 6) is 0.258. The van der Waals surface area contributed by atoms with Gasteiger partial charge in [0.1, 0.15) is 0 Å². The van der Waals surface area contributed by atoms with E-state index in [-0.39, 0.29) is 5.91 Å². The Balaban J connectivity index is 1.18. The summed E-state index contributed by atoms with van der Waals surface area (Å²) >= 11 is 0. The van der Waals surface area contributed by atoms with Crippen molar-refractivity contribution in [2.45, 2.75) is 39.5 Å². The van der Waals surface area contributed by atoms with Crippen LogP contribution in [0, 0.1) is 13.8 Å². The lowest BCUT2D eigenvalue weighted by Gasteiger charge is -2.35. The van der Waals surface area contributed by atoms with E-state index in [0.717, 1.165) is 66.2 Å². The van der Waals surface area contributed by atoms with Crippen molar-refractivity contribution in [2.75, 3.05) is 52.4 Å². The number of carbonyl (C=O) groups is 1. The van der Waals surface area contributed by atoms with Gasteiger partial charge in [-0.25, -0.2) is 9.50 Å². The molecule has 2 aromatic heterocycles. The number of likely N-dealkylation sites (tertiary alicyclic amines) is 1. The summed E-state index contributed by atoms with van der Waals surface area (Å²) in [5.41, 5.74) is 5.08. The molecule has 4 heterocycles. The number of benzene rings is 1. The molecule has 3 aromatic rings. The molecule has 5 rings (SSSR count). The lowest BCUT2D eigenvalue weighted by atomic mass is 10.1. The van der Waals surface area contributed by atoms with Gasteiger partial charge in [-0.15, -0.1) is 0 Å². The first-order valence-electron chi connectivity index (χ1n) is 12.1. The minimum Gasteiger partial charge on any atom is -0.340 e. The van der Waals surface area contributed by atoms with Gasteiger partial charge in [0.05, 0.1) is 5.52 Å². The van der Waals surface area contributed by atoms with Crippen LogP contribution in [0.1, 0.15) is 36.2 Å². The maximum Gasteiger partial charge on any atom is 0.222 e. The van der Waals surface area contributed by atoms with Crippen molar-refractivity contribution in [1.29, 1.82) is 0 Å². The quantitative estimate of drug-likeness (QED) is 0.597. The molecule has 2 aliphatic rings. The van der Waals surface area contributed by atoms with E-state index >= 15 is 0 Å². The number of aromatic nitrogens is 3. The predicted octanol–water partition coefficient (Wildman–Crippen LogP) is 2.67. The van der Waals surface area contributed by atoms with Crippen LogP contribution in [0.2, 0.25) is 0 Å². The number of hydrogen-bond acceptors (Lipinski definition) is 5. The Labute approximate surface area is 190 Å². The average Bonchev–Trinajstić information content (AvgIpc) is 3.46. The van der Waals surface area contributed by atoms with E-state index in [1.54, 1.807) is 0 Å². The summed E-state index contributed by atoms with van der Waals surface area (Å²) in [5, 5.41) is 5.81. The first kappa shape index (κ1) is 21.3. The molecule has 0 N–H and O–H groups in total. The lowest BCUT2D eigenvalue weighted by Crippen LogP contribution is -2.50. The minimum atomic E-state index is 0.258. The highest BCUT2D eigenvalue weighted by atomic mass is 16.2. The normalized spacial score (nSPS) is 18.2. The highest BCUT2D eigenvalue weighted by Gasteiger charge is 2.22. The second kappa shape index (κ2) is 9.16. The maximum atomic E-state index is 12.9. The van der Waals surface area contributed by atoms with Crippen LogP contribution < -0.4 is 0 Å². The molecule has 7 heteroatoms. The number of amides is 1. The molecule has 0 radical (unpaired) electrons. The summed E-state index contributed by atoms with van der Waals surface area (Å²) in [6, 6.07) is 8.11. The highest BCUT2D eigenvalue weighted by molar-refractivity contribution is 5.92. The maximum absolute atomic E-state index is 12.9. The van der Waals surface area contributed by atoms with Gasteiger partial charge in [0.25, 0.3) is 0 Å². The summed E-state index contributed by atoms with van der Waals surface area (Å²) in [7, 11) is 0. The Hall–Kier alpha value is -2.51. The molecule has 0 spiro atoms. The summed E-state index contributed by atoms with van der Waals surface area (Å²) < 4.78 is 1.94. The number of aryl methyl sites for hydroxylation is 2. The van der Waals surface area contributed by atoms with E-state index in [4.69, 9.17) is 10.1 Å². The van der Waals surface area contributed by atoms with Crippen molar-refractivity contribution >= 4 is 22.5 Å². The van der Waals surface area contributed by atoms with E-state index in [0.29, 0.717) is 12.8 Å². The summed E-state index contributed by atoms with van der Waals surface area (Å²) in [6.45, 7) is 12.6. The minimum absolute atomic E-state index is 0.258. The fourth-order valence-electron chi connectivity index (χ4n) is 5.24. The Morgan fingerprint density at radius 3 is 2.38 bits per heavy atom. The molecule has 0 saturated carbocycles. The van der Waals surface area contributed by atoms with E-state index in [1.807, 2.05) is 34.5 Å². The molecule has 0 bridgehead atoms. The second-order valence-corrected chi connectivity index (χ2v) is 9.28. The van der Waals surface area contributed by atoms with Crippen molar-refractivity contribution in [1.82, 2.24) is 29.3 Å². The molecule has 2 fully saturated rings. The largest absolute Gasteiger partial charge is 0.340 e. The molecule has 1 amide bonds. The van der Waals surface area contributed by atoms with Crippen LogP contribution in [-0.4, -0.2) is 87.6 Å². The fraction of sp³-hybridized carbons (Fsp3) is 0.560. The number of piperazine rings is 1. The van der Waals surface area contributed by atoms with Gasteiger partial charge in [-0.1, -0.05) is 12.1 Å². The van der Waals surface area contributed by atoms with Crippen LogP contribution in [0.25, 0.3) is 16.6 Å². The number of nitrogens with zero attached hydrogens (tertiary/aromatic N) is 6. The van der Waals surface area contributed by atoms with Crippen LogP contribution in [0.5, 0.6) is 0 Å². The van der Waals surface area contributed by atoms with Gasteiger partial charge in [-0.2, -0.15) is 5.10 Å². The van der Waals surface area contributed by atoms with Gasteiger partial charge in [-0.3, -0.25) is 9.69 Å². The second-order valence-electron chi connectivity index (χ2n) is 9.28. The molecular formula is C25H34N6O. The van der Waals surface area contributed by atoms with E-state index in [9.17, 15) is 4.79 Å². The molecule has 0 atom stereocenters. The number of fused-ring (bicyclic) bond motifs is 3. The standard InChI is InChI=1S/C25H34N6O/c1-19-21(20(2)31-25(26-19)22-7-3-4-8-23(22)27-31)9-10-24(32)30-17-15-29(16-18-30)14-13-28-11-5-6-12-28/h3-4,7-8H,5-6,9-18H2,1-2H3. The summed E-state index contributed by atoms with van der Waals surface area (Å²) in [4.78, 5) is 24.9. The van der Waals surface area contributed by atoms with E-state index in [1.165, 1.54) is 32.5 Å². The molecule has 0 aliphatic carbocycles. The first-order chi connectivity index (χ1) is 15.6. The van der Waals surface area contributed by atoms with Crippen molar-refractivity contribution in [2.24, 2.45) is 0 Å². The SMILES string of the molecule is Cc1nc2c3ccccc3nn2c(C)c1CCC(=O)N1CCN(CCN2CCCC2)CC1. The topological polar surface area (TPSA) is 57.0 Å². The zero-order valence-corrected chi connectivity index (χ0v) is 19.4. The third-order valence-corrected chi connectivity index (χ3v) is 7.26. The van der Waals surface area contributed by atoms with Gasteiger partial charge >= 0.3 is 0 Å². The third kappa shape index (κ3) is 4.24. The predicted molar refractivity (Wildman–Crippen MR) is 127 cm³/mol. The molecule has 0 unspecified atom stereocenters. The zero-order valence-electron chi connectivity index (χ0n) is 19.4. The highest BCUT2D eigenvalue weighted by Crippen LogP contribution is 2.23. The van der Waals surface area contributed by atoms with Crippen LogP contribution in [0.3, 0.4) is 0 Å². The molecule has 1 aromatic carbocycles. The Morgan fingerprint density at radius 1 is 0.938 bits per heavy atom. The van der Waals surface area contributed by atoms with Gasteiger partial charge < -0.3 is 9.80 Å². The number of rotatable bonds is 6. The first-order valence-corrected chi connectivity index (χ1v) is 12.1.